The molecule has 0 bridgehead atoms. The van der Waals surface area contributed by atoms with Crippen molar-refractivity contribution in [3.05, 3.63) is 23.9 Å². The first-order valence-corrected chi connectivity index (χ1v) is 3.06. The van der Waals surface area contributed by atoms with E-state index in [9.17, 15) is 0 Å². The van der Waals surface area contributed by atoms with E-state index in [-0.39, 0.29) is 6.04 Å². The summed E-state index contributed by atoms with van der Waals surface area (Å²) < 4.78 is 0. The fraction of sp³-hybridized carbons (Fsp3) is 0.167. The predicted molar refractivity (Wildman–Crippen MR) is 42.0 cm³/mol. The van der Waals surface area contributed by atoms with E-state index in [1.54, 1.807) is 18.2 Å². The second kappa shape index (κ2) is 2.29. The lowest BCUT2D eigenvalue weighted by molar-refractivity contribution is 1.07. The highest BCUT2D eigenvalue weighted by Crippen LogP contribution is 2.01. The second-order valence-electron chi connectivity index (χ2n) is 1.93. The zero-order chi connectivity index (χ0) is 6.85. The summed E-state index contributed by atoms with van der Waals surface area (Å²) in [5.41, 5.74) is 11.6. The molecule has 0 spiro atoms. The van der Waals surface area contributed by atoms with Gasteiger partial charge in [0.05, 0.1) is 6.04 Å². The summed E-state index contributed by atoms with van der Waals surface area (Å²) in [4.78, 5) is 0.740. The van der Waals surface area contributed by atoms with E-state index in [4.69, 9.17) is 23.7 Å². The number of rotatable bonds is 0. The van der Waals surface area contributed by atoms with Gasteiger partial charge in [0.25, 0.3) is 0 Å². The highest BCUT2D eigenvalue weighted by Gasteiger charge is 2.06. The Morgan fingerprint density at radius 1 is 1.44 bits per heavy atom. The summed E-state index contributed by atoms with van der Waals surface area (Å²) in [5, 5.41) is 0. The molecule has 48 valence electrons. The van der Waals surface area contributed by atoms with Crippen LogP contribution in [0.2, 0.25) is 0 Å². The Hall–Kier alpha value is -0.670. The van der Waals surface area contributed by atoms with Crippen LogP contribution >= 0.6 is 12.2 Å². The van der Waals surface area contributed by atoms with Crippen molar-refractivity contribution in [2.75, 3.05) is 0 Å². The van der Waals surface area contributed by atoms with Gasteiger partial charge in [-0.05, 0) is 18.2 Å². The van der Waals surface area contributed by atoms with E-state index in [1.807, 2.05) is 0 Å². The Balaban J connectivity index is 2.82. The summed E-state index contributed by atoms with van der Waals surface area (Å²) in [5.74, 6) is 0. The third-order valence-corrected chi connectivity index (χ3v) is 1.55. The molecular weight excluding hydrogens is 132 g/mol. The monoisotopic (exact) mass is 140 g/mol. The Kier molecular flexibility index (Phi) is 1.64. The zero-order valence-electron chi connectivity index (χ0n) is 4.87. The smallest absolute Gasteiger partial charge is 0.0606 e. The van der Waals surface area contributed by atoms with E-state index in [0.29, 0.717) is 5.70 Å². The molecule has 1 aliphatic rings. The van der Waals surface area contributed by atoms with Gasteiger partial charge < -0.3 is 11.5 Å². The molecular formula is C6H8N2S. The molecule has 4 N–H and O–H groups in total. The molecule has 0 aromatic carbocycles. The number of thiocarbonyl (C=S) groups is 1. The minimum absolute atomic E-state index is 0.162. The minimum atomic E-state index is -0.162. The molecule has 1 rings (SSSR count). The molecule has 0 amide bonds. The van der Waals surface area contributed by atoms with Crippen LogP contribution in [0, 0.1) is 0 Å². The summed E-state index contributed by atoms with van der Waals surface area (Å²) in [6.45, 7) is 0. The van der Waals surface area contributed by atoms with Crippen LogP contribution in [0.15, 0.2) is 23.9 Å². The van der Waals surface area contributed by atoms with Gasteiger partial charge in [0.1, 0.15) is 0 Å². The molecule has 0 fully saturated rings. The number of hydrogen-bond donors (Lipinski definition) is 2. The maximum Gasteiger partial charge on any atom is 0.0606 e. The molecule has 1 unspecified atom stereocenters. The Labute approximate surface area is 59.2 Å². The van der Waals surface area contributed by atoms with E-state index >= 15 is 0 Å². The van der Waals surface area contributed by atoms with Crippen LogP contribution < -0.4 is 11.5 Å². The lowest BCUT2D eigenvalue weighted by atomic mass is 10.1. The van der Waals surface area contributed by atoms with Gasteiger partial charge >= 0.3 is 0 Å². The molecule has 2 nitrogen and oxygen atoms in total. The standard InChI is InChI=1S/C6H8N2S/c7-4-1-2-6(9)5(8)3-4/h1-3,5H,7-8H2. The Bertz CT molecular complexity index is 193. The van der Waals surface area contributed by atoms with E-state index in [2.05, 4.69) is 0 Å². The first kappa shape index (κ1) is 6.45. The summed E-state index contributed by atoms with van der Waals surface area (Å²) >= 11 is 4.87. The fourth-order valence-corrected chi connectivity index (χ4v) is 0.771. The van der Waals surface area contributed by atoms with Crippen molar-refractivity contribution in [1.29, 1.82) is 0 Å². The molecule has 0 heterocycles. The normalized spacial score (nSPS) is 26.1. The lowest BCUT2D eigenvalue weighted by Gasteiger charge is -2.09. The number of nitrogens with two attached hydrogens (primary N) is 2. The van der Waals surface area contributed by atoms with Gasteiger partial charge in [-0.2, -0.15) is 0 Å². The second-order valence-corrected chi connectivity index (χ2v) is 2.40. The third-order valence-electron chi connectivity index (χ3n) is 1.14. The molecule has 0 aromatic heterocycles. The number of allylic oxidation sites excluding steroid dienone is 1. The first-order valence-electron chi connectivity index (χ1n) is 2.65. The summed E-state index contributed by atoms with van der Waals surface area (Å²) in [6, 6.07) is -0.162. The molecule has 0 aromatic rings. The van der Waals surface area contributed by atoms with Gasteiger partial charge in [-0.3, -0.25) is 0 Å². The van der Waals surface area contributed by atoms with E-state index < -0.39 is 0 Å². The van der Waals surface area contributed by atoms with Crippen molar-refractivity contribution in [1.82, 2.24) is 0 Å². The molecule has 1 aliphatic carbocycles. The van der Waals surface area contributed by atoms with Crippen molar-refractivity contribution in [2.24, 2.45) is 11.5 Å². The number of hydrogen-bond acceptors (Lipinski definition) is 3. The largest absolute Gasteiger partial charge is 0.399 e. The predicted octanol–water partition coefficient (Wildman–Crippen LogP) is 0.0960. The first-order chi connectivity index (χ1) is 4.20. The van der Waals surface area contributed by atoms with Gasteiger partial charge in [0.15, 0.2) is 0 Å². The quantitative estimate of drug-likeness (QED) is 0.469. The molecule has 9 heavy (non-hydrogen) atoms. The Morgan fingerprint density at radius 3 is 2.56 bits per heavy atom. The molecule has 3 heteroatoms. The van der Waals surface area contributed by atoms with Gasteiger partial charge in [-0.1, -0.05) is 12.2 Å². The fourth-order valence-electron chi connectivity index (χ4n) is 0.634. The van der Waals surface area contributed by atoms with Crippen LogP contribution in [-0.4, -0.2) is 10.9 Å². The van der Waals surface area contributed by atoms with E-state index in [0.717, 1.165) is 4.86 Å². The summed E-state index contributed by atoms with van der Waals surface area (Å²) in [7, 11) is 0. The van der Waals surface area contributed by atoms with Crippen LogP contribution in [0.4, 0.5) is 0 Å². The third kappa shape index (κ3) is 1.37. The molecule has 0 saturated carbocycles. The maximum absolute atomic E-state index is 5.52. The van der Waals surface area contributed by atoms with Gasteiger partial charge in [0, 0.05) is 10.6 Å². The van der Waals surface area contributed by atoms with Crippen LogP contribution in [0.3, 0.4) is 0 Å². The average Bonchev–Trinajstić information content (AvgIpc) is 1.80. The highest BCUT2D eigenvalue weighted by atomic mass is 32.1. The molecule has 0 saturated heterocycles. The lowest BCUT2D eigenvalue weighted by Crippen LogP contribution is -2.28. The highest BCUT2D eigenvalue weighted by molar-refractivity contribution is 7.80. The van der Waals surface area contributed by atoms with Crippen LogP contribution in [0.25, 0.3) is 0 Å². The SMILES string of the molecule is NC1=CC(N)C(=S)C=C1. The van der Waals surface area contributed by atoms with Gasteiger partial charge in [0.2, 0.25) is 0 Å². The maximum atomic E-state index is 5.52. The van der Waals surface area contributed by atoms with Crippen LogP contribution in [-0.2, 0) is 0 Å². The molecule has 0 radical (unpaired) electrons. The van der Waals surface area contributed by atoms with E-state index in [1.165, 1.54) is 0 Å². The summed E-state index contributed by atoms with van der Waals surface area (Å²) in [6.07, 6.45) is 5.25. The van der Waals surface area contributed by atoms with Crippen LogP contribution in [0.5, 0.6) is 0 Å². The van der Waals surface area contributed by atoms with Crippen LogP contribution in [0.1, 0.15) is 0 Å². The minimum Gasteiger partial charge on any atom is -0.399 e. The molecule has 1 atom stereocenters. The van der Waals surface area contributed by atoms with Gasteiger partial charge in [-0.25, -0.2) is 0 Å². The van der Waals surface area contributed by atoms with Crippen molar-refractivity contribution in [3.63, 3.8) is 0 Å². The average molecular weight is 140 g/mol. The Morgan fingerprint density at radius 2 is 2.11 bits per heavy atom. The van der Waals surface area contributed by atoms with Crippen molar-refractivity contribution >= 4 is 17.1 Å². The topological polar surface area (TPSA) is 52.0 Å². The van der Waals surface area contributed by atoms with Crippen molar-refractivity contribution in [2.45, 2.75) is 6.04 Å². The molecule has 0 aliphatic heterocycles. The van der Waals surface area contributed by atoms with Gasteiger partial charge in [-0.15, -0.1) is 0 Å². The zero-order valence-corrected chi connectivity index (χ0v) is 5.69. The van der Waals surface area contributed by atoms with Crippen molar-refractivity contribution < 1.29 is 0 Å². The van der Waals surface area contributed by atoms with Crippen molar-refractivity contribution in [3.8, 4) is 0 Å².